The molecule has 0 unspecified atom stereocenters. The highest BCUT2D eigenvalue weighted by Gasteiger charge is 2.36. The van der Waals surface area contributed by atoms with Gasteiger partial charge in [0.15, 0.2) is 21.3 Å². The number of ether oxygens (including phenoxy) is 2. The van der Waals surface area contributed by atoms with Gasteiger partial charge in [0, 0.05) is 19.6 Å². The van der Waals surface area contributed by atoms with Crippen molar-refractivity contribution in [2.24, 2.45) is 0 Å². The molecule has 0 amide bonds. The van der Waals surface area contributed by atoms with E-state index in [-0.39, 0.29) is 5.75 Å². The van der Waals surface area contributed by atoms with Crippen LogP contribution in [0.1, 0.15) is 32.8 Å². The second kappa shape index (κ2) is 7.09. The minimum atomic E-state index is -3.04. The van der Waals surface area contributed by atoms with Gasteiger partial charge in [0.2, 0.25) is 0 Å². The first-order chi connectivity index (χ1) is 10.8. The van der Waals surface area contributed by atoms with Crippen molar-refractivity contribution in [2.45, 2.75) is 38.5 Å². The molecule has 0 aliphatic carbocycles. The van der Waals surface area contributed by atoms with E-state index in [0.717, 1.165) is 30.2 Å². The Balaban J connectivity index is 2.12. The van der Waals surface area contributed by atoms with E-state index < -0.39 is 14.6 Å². The Bertz CT molecular complexity index is 640. The predicted octanol–water partition coefficient (Wildman–Crippen LogP) is 2.49. The van der Waals surface area contributed by atoms with Gasteiger partial charge in [0.05, 0.1) is 24.2 Å². The average molecular weight is 341 g/mol. The maximum atomic E-state index is 12.3. The predicted molar refractivity (Wildman–Crippen MR) is 91.9 cm³/mol. The molecule has 1 saturated heterocycles. The maximum Gasteiger partial charge on any atom is 0.161 e. The molecule has 0 spiro atoms. The minimum Gasteiger partial charge on any atom is -0.493 e. The van der Waals surface area contributed by atoms with E-state index in [4.69, 9.17) is 9.47 Å². The van der Waals surface area contributed by atoms with Crippen molar-refractivity contribution < 1.29 is 17.9 Å². The van der Waals surface area contributed by atoms with Crippen molar-refractivity contribution >= 4 is 9.84 Å². The number of nitrogens with zero attached hydrogens (tertiary/aromatic N) is 1. The van der Waals surface area contributed by atoms with Gasteiger partial charge < -0.3 is 9.47 Å². The van der Waals surface area contributed by atoms with E-state index in [2.05, 4.69) is 4.90 Å². The number of rotatable bonds is 5. The standard InChI is InChI=1S/C17H27NO4S/c1-5-22-16-12-14(6-7-15(16)21-4)13-18-9-8-17(2,3)23(19,20)11-10-18/h6-7,12H,5,8-11,13H2,1-4H3. The lowest BCUT2D eigenvalue weighted by molar-refractivity contribution is 0.274. The largest absolute Gasteiger partial charge is 0.493 e. The van der Waals surface area contributed by atoms with Crippen LogP contribution in [-0.4, -0.2) is 50.6 Å². The summed E-state index contributed by atoms with van der Waals surface area (Å²) in [6.45, 7) is 8.24. The van der Waals surface area contributed by atoms with Crippen molar-refractivity contribution in [2.75, 3.05) is 32.6 Å². The molecule has 1 aliphatic rings. The molecule has 0 saturated carbocycles. The summed E-state index contributed by atoms with van der Waals surface area (Å²) in [4.78, 5) is 2.20. The summed E-state index contributed by atoms with van der Waals surface area (Å²) in [5.74, 6) is 1.67. The highest BCUT2D eigenvalue weighted by molar-refractivity contribution is 7.92. The Hall–Kier alpha value is -1.27. The van der Waals surface area contributed by atoms with Gasteiger partial charge in [0.25, 0.3) is 0 Å². The molecular formula is C17H27NO4S. The number of sulfone groups is 1. The third-order valence-electron chi connectivity index (χ3n) is 4.48. The summed E-state index contributed by atoms with van der Waals surface area (Å²) in [6, 6.07) is 5.89. The van der Waals surface area contributed by atoms with Crippen LogP contribution in [0.5, 0.6) is 11.5 Å². The molecule has 1 aromatic carbocycles. The van der Waals surface area contributed by atoms with E-state index in [1.165, 1.54) is 0 Å². The Labute approximate surface area is 139 Å². The van der Waals surface area contributed by atoms with Gasteiger partial charge in [-0.05, 0) is 44.9 Å². The maximum absolute atomic E-state index is 12.3. The summed E-state index contributed by atoms with van der Waals surface area (Å²) >= 11 is 0. The molecule has 1 heterocycles. The fourth-order valence-electron chi connectivity index (χ4n) is 2.72. The van der Waals surface area contributed by atoms with Crippen LogP contribution in [0.3, 0.4) is 0 Å². The minimum absolute atomic E-state index is 0.217. The third kappa shape index (κ3) is 4.18. The van der Waals surface area contributed by atoms with E-state index in [1.54, 1.807) is 7.11 Å². The quantitative estimate of drug-likeness (QED) is 0.823. The Kier molecular flexibility index (Phi) is 5.57. The van der Waals surface area contributed by atoms with Gasteiger partial charge in [-0.15, -0.1) is 0 Å². The van der Waals surface area contributed by atoms with E-state index >= 15 is 0 Å². The van der Waals surface area contributed by atoms with Crippen LogP contribution < -0.4 is 9.47 Å². The average Bonchev–Trinajstić information content (AvgIpc) is 2.59. The van der Waals surface area contributed by atoms with Crippen molar-refractivity contribution in [3.05, 3.63) is 23.8 Å². The van der Waals surface area contributed by atoms with Crippen LogP contribution in [0.25, 0.3) is 0 Å². The molecule has 0 aromatic heterocycles. The fourth-order valence-corrected chi connectivity index (χ4v) is 4.18. The molecule has 130 valence electrons. The second-order valence-corrected chi connectivity index (χ2v) is 9.27. The van der Waals surface area contributed by atoms with Crippen LogP contribution in [-0.2, 0) is 16.4 Å². The van der Waals surface area contributed by atoms with Gasteiger partial charge in [-0.1, -0.05) is 6.07 Å². The topological polar surface area (TPSA) is 55.8 Å². The first kappa shape index (κ1) is 18.1. The van der Waals surface area contributed by atoms with Crippen molar-refractivity contribution in [1.29, 1.82) is 0 Å². The molecule has 5 nitrogen and oxygen atoms in total. The van der Waals surface area contributed by atoms with E-state index in [9.17, 15) is 8.42 Å². The highest BCUT2D eigenvalue weighted by atomic mass is 32.2. The van der Waals surface area contributed by atoms with Crippen molar-refractivity contribution in [1.82, 2.24) is 4.90 Å². The molecule has 6 heteroatoms. The molecule has 1 aliphatic heterocycles. The molecule has 0 bridgehead atoms. The van der Waals surface area contributed by atoms with Gasteiger partial charge in [-0.2, -0.15) is 0 Å². The van der Waals surface area contributed by atoms with Crippen LogP contribution in [0, 0.1) is 0 Å². The highest BCUT2D eigenvalue weighted by Crippen LogP contribution is 2.30. The first-order valence-electron chi connectivity index (χ1n) is 8.03. The van der Waals surface area contributed by atoms with Gasteiger partial charge in [-0.3, -0.25) is 4.90 Å². The van der Waals surface area contributed by atoms with Gasteiger partial charge in [0.1, 0.15) is 0 Å². The third-order valence-corrected chi connectivity index (χ3v) is 7.09. The zero-order valence-electron chi connectivity index (χ0n) is 14.5. The molecule has 1 fully saturated rings. The molecule has 0 atom stereocenters. The molecule has 23 heavy (non-hydrogen) atoms. The molecular weight excluding hydrogens is 314 g/mol. The lowest BCUT2D eigenvalue weighted by Gasteiger charge is -2.22. The number of benzene rings is 1. The van der Waals surface area contributed by atoms with Crippen LogP contribution in [0.4, 0.5) is 0 Å². The Morgan fingerprint density at radius 1 is 1.22 bits per heavy atom. The molecule has 2 rings (SSSR count). The van der Waals surface area contributed by atoms with Gasteiger partial charge >= 0.3 is 0 Å². The number of methoxy groups -OCH3 is 1. The first-order valence-corrected chi connectivity index (χ1v) is 9.68. The summed E-state index contributed by atoms with van der Waals surface area (Å²) < 4.78 is 34.8. The number of hydrogen-bond donors (Lipinski definition) is 0. The summed E-state index contributed by atoms with van der Waals surface area (Å²) in [6.07, 6.45) is 0.657. The monoisotopic (exact) mass is 341 g/mol. The molecule has 0 radical (unpaired) electrons. The SMILES string of the molecule is CCOc1cc(CN2CCC(C)(C)S(=O)(=O)CC2)ccc1OC. The normalized spacial score (nSPS) is 20.7. The summed E-state index contributed by atoms with van der Waals surface area (Å²) in [7, 11) is -1.41. The van der Waals surface area contributed by atoms with Gasteiger partial charge in [-0.25, -0.2) is 8.42 Å². The molecule has 1 aromatic rings. The van der Waals surface area contributed by atoms with E-state index in [1.807, 2.05) is 39.0 Å². The van der Waals surface area contributed by atoms with Crippen LogP contribution >= 0.6 is 0 Å². The van der Waals surface area contributed by atoms with Crippen LogP contribution in [0.15, 0.2) is 18.2 Å². The van der Waals surface area contributed by atoms with E-state index in [0.29, 0.717) is 19.6 Å². The molecule has 0 N–H and O–H groups in total. The second-order valence-electron chi connectivity index (χ2n) is 6.52. The Morgan fingerprint density at radius 3 is 2.61 bits per heavy atom. The zero-order valence-corrected chi connectivity index (χ0v) is 15.3. The summed E-state index contributed by atoms with van der Waals surface area (Å²) in [5, 5.41) is 0. The van der Waals surface area contributed by atoms with Crippen molar-refractivity contribution in [3.8, 4) is 11.5 Å². The Morgan fingerprint density at radius 2 is 1.96 bits per heavy atom. The lowest BCUT2D eigenvalue weighted by atomic mass is 10.1. The zero-order chi connectivity index (χ0) is 17.1. The smallest absolute Gasteiger partial charge is 0.161 e. The number of hydrogen-bond acceptors (Lipinski definition) is 5. The fraction of sp³-hybridized carbons (Fsp3) is 0.647. The van der Waals surface area contributed by atoms with Crippen molar-refractivity contribution in [3.63, 3.8) is 0 Å². The lowest BCUT2D eigenvalue weighted by Crippen LogP contribution is -2.33. The summed E-state index contributed by atoms with van der Waals surface area (Å²) in [5.41, 5.74) is 1.10. The van der Waals surface area contributed by atoms with Crippen LogP contribution in [0.2, 0.25) is 0 Å².